The van der Waals surface area contributed by atoms with E-state index >= 15 is 0 Å². The zero-order valence-corrected chi connectivity index (χ0v) is 23.2. The molecule has 0 bridgehead atoms. The molecule has 1 unspecified atom stereocenters. The van der Waals surface area contributed by atoms with E-state index < -0.39 is 11.0 Å². The number of benzene rings is 1. The van der Waals surface area contributed by atoms with Gasteiger partial charge in [0, 0.05) is 43.7 Å². The van der Waals surface area contributed by atoms with Crippen LogP contribution in [0.15, 0.2) is 59.5 Å². The van der Waals surface area contributed by atoms with Crippen LogP contribution in [0.2, 0.25) is 0 Å². The molecule has 0 spiro atoms. The second-order valence-electron chi connectivity index (χ2n) is 12.4. The fourth-order valence-electron chi connectivity index (χ4n) is 6.67. The summed E-state index contributed by atoms with van der Waals surface area (Å²) in [6, 6.07) is 10.3. The van der Waals surface area contributed by atoms with Gasteiger partial charge in [-0.05, 0) is 29.9 Å². The Morgan fingerprint density at radius 1 is 1.16 bits per heavy atom. The van der Waals surface area contributed by atoms with Crippen molar-refractivity contribution in [1.82, 2.24) is 14.8 Å². The van der Waals surface area contributed by atoms with E-state index in [0.717, 1.165) is 23.1 Å². The molecule has 6 nitrogen and oxygen atoms in total. The monoisotopic (exact) mass is 517 g/mol. The van der Waals surface area contributed by atoms with Crippen molar-refractivity contribution in [3.05, 3.63) is 66.5 Å². The average molecular weight is 518 g/mol. The van der Waals surface area contributed by atoms with Gasteiger partial charge in [0.05, 0.1) is 17.4 Å². The second-order valence-corrected chi connectivity index (χ2v) is 12.4. The van der Waals surface area contributed by atoms with E-state index in [9.17, 15) is 9.90 Å². The number of allylic oxidation sites excluding steroid dienone is 2. The molecular weight excluding hydrogens is 474 g/mol. The van der Waals surface area contributed by atoms with Crippen molar-refractivity contribution in [2.75, 3.05) is 26.2 Å². The molecule has 1 aromatic heterocycles. The van der Waals surface area contributed by atoms with E-state index in [0.29, 0.717) is 44.4 Å². The first-order valence-electron chi connectivity index (χ1n) is 14.4. The van der Waals surface area contributed by atoms with Crippen LogP contribution in [0.4, 0.5) is 0 Å². The Labute approximate surface area is 227 Å². The van der Waals surface area contributed by atoms with Crippen LogP contribution >= 0.6 is 0 Å². The number of aromatic nitrogens is 1. The number of carbonyl (C=O) groups excluding carboxylic acids is 1. The van der Waals surface area contributed by atoms with Gasteiger partial charge in [-0.15, -0.1) is 0 Å². The van der Waals surface area contributed by atoms with E-state index in [4.69, 9.17) is 4.42 Å². The molecule has 1 amide bonds. The van der Waals surface area contributed by atoms with Crippen molar-refractivity contribution in [3.63, 3.8) is 0 Å². The zero-order valence-electron chi connectivity index (χ0n) is 23.2. The predicted molar refractivity (Wildman–Crippen MR) is 151 cm³/mol. The molecule has 2 fully saturated rings. The van der Waals surface area contributed by atoms with Gasteiger partial charge in [0.2, 0.25) is 11.8 Å². The van der Waals surface area contributed by atoms with Crippen LogP contribution in [0.3, 0.4) is 0 Å². The third-order valence-electron chi connectivity index (χ3n) is 9.13. The second kappa shape index (κ2) is 11.1. The van der Waals surface area contributed by atoms with Crippen LogP contribution in [0.1, 0.15) is 77.2 Å². The highest BCUT2D eigenvalue weighted by Gasteiger charge is 2.49. The fourth-order valence-corrected chi connectivity index (χ4v) is 6.67. The van der Waals surface area contributed by atoms with E-state index in [1.54, 1.807) is 12.5 Å². The molecule has 2 atom stereocenters. The van der Waals surface area contributed by atoms with Gasteiger partial charge in [-0.2, -0.15) is 0 Å². The summed E-state index contributed by atoms with van der Waals surface area (Å²) in [6.45, 7) is 8.66. The molecule has 2 aromatic rings. The molecular formula is C32H43N3O3. The summed E-state index contributed by atoms with van der Waals surface area (Å²) >= 11 is 0. The Hall–Kier alpha value is -2.86. The Morgan fingerprint density at radius 3 is 2.61 bits per heavy atom. The highest BCUT2D eigenvalue weighted by molar-refractivity contribution is 6.03. The predicted octanol–water partition coefficient (Wildman–Crippen LogP) is 6.01. The van der Waals surface area contributed by atoms with Gasteiger partial charge in [-0.25, -0.2) is 4.98 Å². The minimum atomic E-state index is -0.924. The maximum atomic E-state index is 13.4. The summed E-state index contributed by atoms with van der Waals surface area (Å²) < 4.78 is 5.69. The van der Waals surface area contributed by atoms with Crippen LogP contribution in [0, 0.1) is 17.3 Å². The minimum Gasteiger partial charge on any atom is -0.444 e. The van der Waals surface area contributed by atoms with Crippen molar-refractivity contribution >= 4 is 17.1 Å². The average Bonchev–Trinajstić information content (AvgIpc) is 3.46. The molecule has 1 aromatic carbocycles. The molecule has 1 aliphatic carbocycles. The summed E-state index contributed by atoms with van der Waals surface area (Å²) in [7, 11) is 0. The standard InChI is InChI=1S/C32H43N3O3/c1-24(20-25-10-6-4-7-11-25)30(36)35-18-15-32(37,31(2,3)22-35)23-34-17-14-27(26-12-8-5-9-13-26)28(21-34)29-33-16-19-38-29/h5,8-9,12-14,16,19,21,24-25,37H,4,6-7,10-11,15,17-18,20,22-23H2,1-3H3/t24-,32?/m1/s1. The number of carbonyl (C=O) groups is 1. The first kappa shape index (κ1) is 26.7. The largest absolute Gasteiger partial charge is 0.444 e. The Kier molecular flexibility index (Phi) is 7.80. The Bertz CT molecular complexity index is 1150. The quantitative estimate of drug-likeness (QED) is 0.487. The number of aliphatic hydroxyl groups is 1. The first-order valence-corrected chi connectivity index (χ1v) is 14.4. The van der Waals surface area contributed by atoms with Gasteiger partial charge >= 0.3 is 0 Å². The Morgan fingerprint density at radius 2 is 1.92 bits per heavy atom. The maximum absolute atomic E-state index is 13.4. The SMILES string of the molecule is C[C@H](CC1CCCCC1)C(=O)N1CCC(O)(CN2C=C(c3ncco3)C(c3ccccc3)=CC2)C(C)(C)C1. The number of β-amino-alcohol motifs (C(OH)–C–C–N with tert-alkyl or cyclic N) is 1. The van der Waals surface area contributed by atoms with Crippen molar-refractivity contribution in [1.29, 1.82) is 0 Å². The van der Waals surface area contributed by atoms with E-state index in [-0.39, 0.29) is 11.8 Å². The molecule has 1 saturated heterocycles. The molecule has 204 valence electrons. The van der Waals surface area contributed by atoms with Crippen molar-refractivity contribution in [2.45, 2.75) is 71.3 Å². The van der Waals surface area contributed by atoms with Gasteiger partial charge in [0.25, 0.3) is 0 Å². The number of hydrogen-bond donors (Lipinski definition) is 1. The number of amides is 1. The van der Waals surface area contributed by atoms with Gasteiger partial charge in [-0.3, -0.25) is 4.79 Å². The Balaban J connectivity index is 1.27. The zero-order chi connectivity index (χ0) is 26.8. The number of likely N-dealkylation sites (tertiary alicyclic amines) is 1. The number of hydrogen-bond acceptors (Lipinski definition) is 5. The third kappa shape index (κ3) is 5.61. The lowest BCUT2D eigenvalue weighted by Gasteiger charge is -2.52. The smallest absolute Gasteiger partial charge is 0.227 e. The van der Waals surface area contributed by atoms with Crippen LogP contribution in [-0.2, 0) is 4.79 Å². The number of nitrogens with zero attached hydrogens (tertiary/aromatic N) is 3. The van der Waals surface area contributed by atoms with Crippen molar-refractivity contribution in [2.24, 2.45) is 17.3 Å². The van der Waals surface area contributed by atoms with Gasteiger partial charge in [0.15, 0.2) is 0 Å². The molecule has 0 radical (unpaired) electrons. The third-order valence-corrected chi connectivity index (χ3v) is 9.13. The lowest BCUT2D eigenvalue weighted by molar-refractivity contribution is -0.156. The molecule has 5 rings (SSSR count). The fraction of sp³-hybridized carbons (Fsp3) is 0.562. The van der Waals surface area contributed by atoms with Crippen molar-refractivity contribution < 1.29 is 14.3 Å². The van der Waals surface area contributed by atoms with Crippen LogP contribution in [0.25, 0.3) is 11.1 Å². The van der Waals surface area contributed by atoms with Crippen LogP contribution < -0.4 is 0 Å². The molecule has 1 saturated carbocycles. The van der Waals surface area contributed by atoms with Gasteiger partial charge < -0.3 is 19.3 Å². The molecule has 38 heavy (non-hydrogen) atoms. The lowest BCUT2D eigenvalue weighted by atomic mass is 9.69. The summed E-state index contributed by atoms with van der Waals surface area (Å²) in [6.07, 6.45) is 15.6. The van der Waals surface area contributed by atoms with Gasteiger partial charge in [0.1, 0.15) is 6.26 Å². The van der Waals surface area contributed by atoms with Crippen LogP contribution in [0.5, 0.6) is 0 Å². The summed E-state index contributed by atoms with van der Waals surface area (Å²) in [5.74, 6) is 1.57. The maximum Gasteiger partial charge on any atom is 0.227 e. The molecule has 3 heterocycles. The van der Waals surface area contributed by atoms with E-state index in [1.807, 2.05) is 23.1 Å². The first-order chi connectivity index (χ1) is 18.3. The molecule has 6 heteroatoms. The van der Waals surface area contributed by atoms with E-state index in [1.165, 1.54) is 32.1 Å². The summed E-state index contributed by atoms with van der Waals surface area (Å²) in [4.78, 5) is 22.0. The van der Waals surface area contributed by atoms with Gasteiger partial charge in [-0.1, -0.05) is 89.3 Å². The topological polar surface area (TPSA) is 69.8 Å². The summed E-state index contributed by atoms with van der Waals surface area (Å²) in [5, 5.41) is 12.0. The highest BCUT2D eigenvalue weighted by Crippen LogP contribution is 2.42. The molecule has 2 aliphatic heterocycles. The van der Waals surface area contributed by atoms with Crippen molar-refractivity contribution in [3.8, 4) is 0 Å². The minimum absolute atomic E-state index is 0.0509. The summed E-state index contributed by atoms with van der Waals surface area (Å²) in [5.41, 5.74) is 1.75. The lowest BCUT2D eigenvalue weighted by Crippen LogP contribution is -2.62. The van der Waals surface area contributed by atoms with Crippen LogP contribution in [-0.4, -0.2) is 57.6 Å². The molecule has 1 N–H and O–H groups in total. The number of piperidine rings is 1. The highest BCUT2D eigenvalue weighted by atomic mass is 16.3. The normalized spacial score (nSPS) is 25.1. The van der Waals surface area contributed by atoms with E-state index in [2.05, 4.69) is 55.1 Å². The molecule has 3 aliphatic rings. The number of rotatable bonds is 7. The number of oxazole rings is 1.